The molecule has 104 valence electrons. The van der Waals surface area contributed by atoms with Gasteiger partial charge in [0, 0.05) is 33.2 Å². The minimum absolute atomic E-state index is 0.434. The number of benzene rings is 1. The number of guanidine groups is 1. The normalized spacial score (nSPS) is 21.5. The first-order valence-corrected chi connectivity index (χ1v) is 7.03. The first kappa shape index (κ1) is 14.2. The van der Waals surface area contributed by atoms with Crippen molar-refractivity contribution in [3.05, 3.63) is 34.9 Å². The van der Waals surface area contributed by atoms with Crippen LogP contribution in [0.15, 0.2) is 29.3 Å². The molecule has 1 fully saturated rings. The molecule has 0 bridgehead atoms. The molecule has 19 heavy (non-hydrogen) atoms. The maximum absolute atomic E-state index is 6.03. The Morgan fingerprint density at radius 1 is 1.16 bits per heavy atom. The van der Waals surface area contributed by atoms with Gasteiger partial charge in [-0.3, -0.25) is 0 Å². The smallest absolute Gasteiger partial charge is 0.195 e. The molecule has 0 amide bonds. The van der Waals surface area contributed by atoms with Gasteiger partial charge in [-0.2, -0.15) is 0 Å². The van der Waals surface area contributed by atoms with Gasteiger partial charge in [0.15, 0.2) is 5.96 Å². The molecule has 0 heterocycles. The monoisotopic (exact) mass is 279 g/mol. The zero-order valence-corrected chi connectivity index (χ0v) is 12.9. The topological polar surface area (TPSA) is 18.8 Å². The molecule has 0 unspecified atom stereocenters. The summed E-state index contributed by atoms with van der Waals surface area (Å²) in [6.07, 6.45) is 2.23. The summed E-state index contributed by atoms with van der Waals surface area (Å²) in [6.45, 7) is 0. The summed E-state index contributed by atoms with van der Waals surface area (Å²) in [5.41, 5.74) is 1.34. The van der Waals surface area contributed by atoms with Gasteiger partial charge in [0.25, 0.3) is 0 Å². The van der Waals surface area contributed by atoms with E-state index in [9.17, 15) is 0 Å². The Bertz CT molecular complexity index is 452. The van der Waals surface area contributed by atoms with Crippen LogP contribution in [0.5, 0.6) is 0 Å². The highest BCUT2D eigenvalue weighted by molar-refractivity contribution is 6.30. The summed E-state index contributed by atoms with van der Waals surface area (Å²) in [5, 5.41) is 0.826. The SMILES string of the molecule is CN(C)C(=NC1CC(c2cccc(Cl)c2)C1)N(C)C. The summed E-state index contributed by atoms with van der Waals surface area (Å²) in [6, 6.07) is 8.62. The van der Waals surface area contributed by atoms with Crippen molar-refractivity contribution in [1.29, 1.82) is 0 Å². The Morgan fingerprint density at radius 2 is 1.79 bits per heavy atom. The van der Waals surface area contributed by atoms with Crippen LogP contribution in [0.25, 0.3) is 0 Å². The fraction of sp³-hybridized carbons (Fsp3) is 0.533. The van der Waals surface area contributed by atoms with Gasteiger partial charge >= 0.3 is 0 Å². The molecular formula is C15H22ClN3. The van der Waals surface area contributed by atoms with E-state index in [-0.39, 0.29) is 0 Å². The molecule has 1 saturated carbocycles. The summed E-state index contributed by atoms with van der Waals surface area (Å²) in [7, 11) is 8.13. The van der Waals surface area contributed by atoms with Crippen molar-refractivity contribution in [3.63, 3.8) is 0 Å². The minimum Gasteiger partial charge on any atom is -0.349 e. The molecule has 1 aromatic carbocycles. The van der Waals surface area contributed by atoms with Gasteiger partial charge < -0.3 is 9.80 Å². The van der Waals surface area contributed by atoms with Crippen LogP contribution in [0.1, 0.15) is 24.3 Å². The third-order valence-electron chi connectivity index (χ3n) is 3.53. The first-order chi connectivity index (χ1) is 8.97. The molecule has 0 radical (unpaired) electrons. The van der Waals surface area contributed by atoms with E-state index >= 15 is 0 Å². The second-order valence-corrected chi connectivity index (χ2v) is 6.03. The molecule has 1 aliphatic rings. The molecule has 1 aromatic rings. The maximum Gasteiger partial charge on any atom is 0.195 e. The van der Waals surface area contributed by atoms with E-state index in [0.29, 0.717) is 12.0 Å². The molecule has 0 saturated heterocycles. The van der Waals surface area contributed by atoms with E-state index in [2.05, 4.69) is 21.9 Å². The Balaban J connectivity index is 1.98. The Kier molecular flexibility index (Phi) is 4.35. The highest BCUT2D eigenvalue weighted by Gasteiger charge is 2.30. The number of aliphatic imine (C=N–C) groups is 1. The van der Waals surface area contributed by atoms with Gasteiger partial charge in [0.05, 0.1) is 6.04 Å². The second kappa shape index (κ2) is 5.83. The van der Waals surface area contributed by atoms with Crippen LogP contribution < -0.4 is 0 Å². The van der Waals surface area contributed by atoms with Crippen LogP contribution in [0.3, 0.4) is 0 Å². The van der Waals surface area contributed by atoms with Crippen LogP contribution in [0.2, 0.25) is 5.02 Å². The van der Waals surface area contributed by atoms with Crippen molar-refractivity contribution < 1.29 is 0 Å². The molecule has 3 nitrogen and oxygen atoms in total. The van der Waals surface area contributed by atoms with Crippen molar-refractivity contribution in [2.75, 3.05) is 28.2 Å². The highest BCUT2D eigenvalue weighted by Crippen LogP contribution is 2.39. The van der Waals surface area contributed by atoms with Crippen LogP contribution in [-0.4, -0.2) is 50.0 Å². The number of rotatable bonds is 2. The third kappa shape index (κ3) is 3.41. The van der Waals surface area contributed by atoms with Crippen LogP contribution >= 0.6 is 11.6 Å². The van der Waals surface area contributed by atoms with Gasteiger partial charge in [-0.15, -0.1) is 0 Å². The molecule has 2 rings (SSSR count). The number of hydrogen-bond acceptors (Lipinski definition) is 1. The highest BCUT2D eigenvalue weighted by atomic mass is 35.5. The summed E-state index contributed by atoms with van der Waals surface area (Å²) < 4.78 is 0. The average molecular weight is 280 g/mol. The van der Waals surface area contributed by atoms with E-state index in [1.165, 1.54) is 5.56 Å². The molecule has 0 aromatic heterocycles. The number of hydrogen-bond donors (Lipinski definition) is 0. The van der Waals surface area contributed by atoms with Crippen LogP contribution in [0.4, 0.5) is 0 Å². The van der Waals surface area contributed by atoms with Crippen LogP contribution in [-0.2, 0) is 0 Å². The lowest BCUT2D eigenvalue weighted by atomic mass is 9.76. The van der Waals surface area contributed by atoms with Crippen molar-refractivity contribution in [2.45, 2.75) is 24.8 Å². The van der Waals surface area contributed by atoms with E-state index in [0.717, 1.165) is 23.8 Å². The van der Waals surface area contributed by atoms with E-state index in [1.54, 1.807) is 0 Å². The van der Waals surface area contributed by atoms with Gasteiger partial charge in [0.1, 0.15) is 0 Å². The zero-order chi connectivity index (χ0) is 14.0. The van der Waals surface area contributed by atoms with E-state index in [1.807, 2.05) is 40.3 Å². The molecule has 1 aliphatic carbocycles. The van der Waals surface area contributed by atoms with Crippen LogP contribution in [0, 0.1) is 0 Å². The van der Waals surface area contributed by atoms with Crippen molar-refractivity contribution in [3.8, 4) is 0 Å². The zero-order valence-electron chi connectivity index (χ0n) is 12.1. The predicted octanol–water partition coefficient (Wildman–Crippen LogP) is 3.07. The van der Waals surface area contributed by atoms with Crippen molar-refractivity contribution >= 4 is 17.6 Å². The van der Waals surface area contributed by atoms with Crippen molar-refractivity contribution in [2.24, 2.45) is 4.99 Å². The minimum atomic E-state index is 0.434. The molecule has 4 heteroatoms. The Hall–Kier alpha value is -1.22. The Morgan fingerprint density at radius 3 is 2.32 bits per heavy atom. The van der Waals surface area contributed by atoms with Gasteiger partial charge in [0.2, 0.25) is 0 Å². The molecule has 0 N–H and O–H groups in total. The number of halogens is 1. The summed E-state index contributed by atoms with van der Waals surface area (Å²) >= 11 is 6.03. The largest absolute Gasteiger partial charge is 0.349 e. The molecule has 0 spiro atoms. The maximum atomic E-state index is 6.03. The number of nitrogens with zero attached hydrogens (tertiary/aromatic N) is 3. The molecule has 0 atom stereocenters. The fourth-order valence-corrected chi connectivity index (χ4v) is 2.72. The van der Waals surface area contributed by atoms with Gasteiger partial charge in [-0.1, -0.05) is 23.7 Å². The molecule has 0 aliphatic heterocycles. The van der Waals surface area contributed by atoms with Crippen molar-refractivity contribution in [1.82, 2.24) is 9.80 Å². The summed E-state index contributed by atoms with van der Waals surface area (Å²) in [5.74, 6) is 1.65. The van der Waals surface area contributed by atoms with E-state index < -0.39 is 0 Å². The van der Waals surface area contributed by atoms with Gasteiger partial charge in [-0.05, 0) is 36.5 Å². The quantitative estimate of drug-likeness (QED) is 0.612. The average Bonchev–Trinajstić information content (AvgIpc) is 2.26. The van der Waals surface area contributed by atoms with Gasteiger partial charge in [-0.25, -0.2) is 4.99 Å². The third-order valence-corrected chi connectivity index (χ3v) is 3.77. The first-order valence-electron chi connectivity index (χ1n) is 6.65. The van der Waals surface area contributed by atoms with E-state index in [4.69, 9.17) is 16.6 Å². The Labute approximate surface area is 120 Å². The fourth-order valence-electron chi connectivity index (χ4n) is 2.52. The lowest BCUT2D eigenvalue weighted by Gasteiger charge is -2.35. The second-order valence-electron chi connectivity index (χ2n) is 5.60. The summed E-state index contributed by atoms with van der Waals surface area (Å²) in [4.78, 5) is 8.94. The standard InChI is InChI=1S/C15H22ClN3/c1-18(2)15(19(3)4)17-14-9-12(10-14)11-6-5-7-13(16)8-11/h5-8,12,14H,9-10H2,1-4H3. The molecular weight excluding hydrogens is 258 g/mol. The lowest BCUT2D eigenvalue weighted by Crippen LogP contribution is -2.38. The lowest BCUT2D eigenvalue weighted by molar-refractivity contribution is 0.342. The predicted molar refractivity (Wildman–Crippen MR) is 82.0 cm³/mol.